The fraction of sp³-hybridized carbons (Fsp3) is 0.273. The number of alkyl halides is 3. The van der Waals surface area contributed by atoms with E-state index in [0.29, 0.717) is 30.2 Å². The summed E-state index contributed by atoms with van der Waals surface area (Å²) in [5, 5.41) is 5.87. The number of nitrogens with zero attached hydrogens (tertiary/aromatic N) is 3. The zero-order valence-corrected chi connectivity index (χ0v) is 17.1. The monoisotopic (exact) mass is 447 g/mol. The molecule has 1 aromatic carbocycles. The number of carbonyl (C=O) groups excluding carboxylic acids is 1. The third-order valence-electron chi connectivity index (χ3n) is 4.86. The number of carbonyl (C=O) groups is 1. The van der Waals surface area contributed by atoms with Crippen molar-refractivity contribution in [2.45, 2.75) is 25.4 Å². The number of benzene rings is 1. The standard InChI is InChI=1S/C22H20F3N3O4/c1-27(13-15-6-8-16(9-7-15)32-22(23,24)25)14-21(29)28-18(20-5-3-11-31-20)12-17(26-28)19-4-2-10-30-19/h2-11,18H,12-14H2,1H3. The normalized spacial score (nSPS) is 16.5. The molecule has 2 aromatic heterocycles. The molecule has 1 aliphatic rings. The van der Waals surface area contributed by atoms with E-state index < -0.39 is 6.36 Å². The molecule has 3 aromatic rings. The van der Waals surface area contributed by atoms with Gasteiger partial charge in [-0.1, -0.05) is 12.1 Å². The molecule has 0 saturated carbocycles. The van der Waals surface area contributed by atoms with Crippen LogP contribution in [0.25, 0.3) is 0 Å². The van der Waals surface area contributed by atoms with Crippen molar-refractivity contribution in [3.8, 4) is 5.75 Å². The van der Waals surface area contributed by atoms with E-state index in [1.54, 1.807) is 48.7 Å². The lowest BCUT2D eigenvalue weighted by Crippen LogP contribution is -2.36. The maximum Gasteiger partial charge on any atom is 0.573 e. The molecule has 32 heavy (non-hydrogen) atoms. The van der Waals surface area contributed by atoms with Crippen LogP contribution in [-0.2, 0) is 11.3 Å². The first-order valence-corrected chi connectivity index (χ1v) is 9.78. The van der Waals surface area contributed by atoms with E-state index in [0.717, 1.165) is 5.56 Å². The Morgan fingerprint density at radius 3 is 2.50 bits per heavy atom. The molecule has 1 aliphatic heterocycles. The van der Waals surface area contributed by atoms with Crippen molar-refractivity contribution in [1.29, 1.82) is 0 Å². The number of rotatable bonds is 7. The fourth-order valence-electron chi connectivity index (χ4n) is 3.50. The Bertz CT molecular complexity index is 1060. The Hall–Kier alpha value is -3.53. The zero-order chi connectivity index (χ0) is 22.7. The Morgan fingerprint density at radius 1 is 1.16 bits per heavy atom. The van der Waals surface area contributed by atoms with Gasteiger partial charge >= 0.3 is 6.36 Å². The molecule has 3 heterocycles. The zero-order valence-electron chi connectivity index (χ0n) is 17.1. The van der Waals surface area contributed by atoms with Gasteiger partial charge in [0.05, 0.1) is 19.1 Å². The number of hydrogen-bond acceptors (Lipinski definition) is 6. The highest BCUT2D eigenvalue weighted by Crippen LogP contribution is 2.33. The number of likely N-dealkylation sites (N-methyl/N-ethyl adjacent to an activating group) is 1. The topological polar surface area (TPSA) is 71.4 Å². The van der Waals surface area contributed by atoms with E-state index in [1.807, 2.05) is 0 Å². The second kappa shape index (κ2) is 8.91. The van der Waals surface area contributed by atoms with Crippen LogP contribution < -0.4 is 4.74 Å². The minimum Gasteiger partial charge on any atom is -0.467 e. The van der Waals surface area contributed by atoms with Gasteiger partial charge in [-0.2, -0.15) is 5.10 Å². The lowest BCUT2D eigenvalue weighted by Gasteiger charge is -2.23. The highest BCUT2D eigenvalue weighted by Gasteiger charge is 2.36. The Morgan fingerprint density at radius 2 is 1.88 bits per heavy atom. The first kappa shape index (κ1) is 21.7. The van der Waals surface area contributed by atoms with Crippen molar-refractivity contribution in [2.24, 2.45) is 5.10 Å². The van der Waals surface area contributed by atoms with E-state index in [4.69, 9.17) is 8.83 Å². The Kier molecular flexibility index (Phi) is 6.04. The quantitative estimate of drug-likeness (QED) is 0.530. The summed E-state index contributed by atoms with van der Waals surface area (Å²) in [6, 6.07) is 12.2. The molecule has 0 aliphatic carbocycles. The summed E-state index contributed by atoms with van der Waals surface area (Å²) in [5.74, 6) is 0.670. The SMILES string of the molecule is CN(CC(=O)N1N=C(c2ccco2)CC1c1ccco1)Cc1ccc(OC(F)(F)F)cc1. The fourth-order valence-corrected chi connectivity index (χ4v) is 3.50. The summed E-state index contributed by atoms with van der Waals surface area (Å²) in [5.41, 5.74) is 1.38. The highest BCUT2D eigenvalue weighted by atomic mass is 19.4. The third-order valence-corrected chi connectivity index (χ3v) is 4.86. The second-order valence-electron chi connectivity index (χ2n) is 7.36. The average molecular weight is 447 g/mol. The second-order valence-corrected chi connectivity index (χ2v) is 7.36. The van der Waals surface area contributed by atoms with Gasteiger partial charge in [0, 0.05) is 13.0 Å². The molecular formula is C22H20F3N3O4. The van der Waals surface area contributed by atoms with Crippen LogP contribution in [0.15, 0.2) is 75.0 Å². The molecule has 1 unspecified atom stereocenters. The molecule has 7 nitrogen and oxygen atoms in total. The maximum atomic E-state index is 13.0. The lowest BCUT2D eigenvalue weighted by atomic mass is 10.1. The Labute approximate surface area is 181 Å². The van der Waals surface area contributed by atoms with Crippen molar-refractivity contribution in [2.75, 3.05) is 13.6 Å². The molecule has 1 atom stereocenters. The molecule has 1 amide bonds. The molecule has 10 heteroatoms. The van der Waals surface area contributed by atoms with Crippen molar-refractivity contribution in [3.63, 3.8) is 0 Å². The number of ether oxygens (including phenoxy) is 1. The van der Waals surface area contributed by atoms with Gasteiger partial charge in [0.15, 0.2) is 0 Å². The molecule has 0 spiro atoms. The smallest absolute Gasteiger partial charge is 0.467 e. The van der Waals surface area contributed by atoms with Gasteiger partial charge in [0.2, 0.25) is 0 Å². The first-order valence-electron chi connectivity index (χ1n) is 9.78. The lowest BCUT2D eigenvalue weighted by molar-refractivity contribution is -0.274. The van der Waals surface area contributed by atoms with Gasteiger partial charge in [-0.3, -0.25) is 9.69 Å². The van der Waals surface area contributed by atoms with Crippen LogP contribution in [0.4, 0.5) is 13.2 Å². The third kappa shape index (κ3) is 5.20. The summed E-state index contributed by atoms with van der Waals surface area (Å²) in [6.07, 6.45) is -1.19. The molecular weight excluding hydrogens is 427 g/mol. The van der Waals surface area contributed by atoms with E-state index in [9.17, 15) is 18.0 Å². The van der Waals surface area contributed by atoms with E-state index in [2.05, 4.69) is 9.84 Å². The van der Waals surface area contributed by atoms with Crippen LogP contribution in [0.3, 0.4) is 0 Å². The molecule has 0 fully saturated rings. The first-order chi connectivity index (χ1) is 15.3. The van der Waals surface area contributed by atoms with Gasteiger partial charge in [-0.05, 0) is 49.0 Å². The highest BCUT2D eigenvalue weighted by molar-refractivity contribution is 6.01. The minimum absolute atomic E-state index is 0.0486. The molecule has 168 valence electrons. The van der Waals surface area contributed by atoms with Crippen LogP contribution in [0.1, 0.15) is 29.5 Å². The van der Waals surface area contributed by atoms with Crippen molar-refractivity contribution in [1.82, 2.24) is 9.91 Å². The number of halogens is 3. The maximum absolute atomic E-state index is 13.0. The minimum atomic E-state index is -4.74. The molecule has 0 N–H and O–H groups in total. The summed E-state index contributed by atoms with van der Waals surface area (Å²) >= 11 is 0. The van der Waals surface area contributed by atoms with Crippen LogP contribution >= 0.6 is 0 Å². The van der Waals surface area contributed by atoms with Crippen molar-refractivity contribution >= 4 is 11.6 Å². The molecule has 0 radical (unpaired) electrons. The van der Waals surface area contributed by atoms with E-state index in [1.165, 1.54) is 29.3 Å². The van der Waals surface area contributed by atoms with Crippen molar-refractivity contribution in [3.05, 3.63) is 78.1 Å². The number of amides is 1. The molecule has 0 bridgehead atoms. The summed E-state index contributed by atoms with van der Waals surface area (Å²) in [6.45, 7) is 0.402. The van der Waals surface area contributed by atoms with Crippen LogP contribution in [0.2, 0.25) is 0 Å². The average Bonchev–Trinajstić information content (AvgIpc) is 3.48. The van der Waals surface area contributed by atoms with Crippen LogP contribution in [0.5, 0.6) is 5.75 Å². The predicted octanol–water partition coefficient (Wildman–Crippen LogP) is 4.58. The van der Waals surface area contributed by atoms with Gasteiger partial charge < -0.3 is 13.6 Å². The summed E-state index contributed by atoms with van der Waals surface area (Å²) in [7, 11) is 1.74. The van der Waals surface area contributed by atoms with Gasteiger partial charge in [-0.25, -0.2) is 5.01 Å². The predicted molar refractivity (Wildman–Crippen MR) is 108 cm³/mol. The number of furan rings is 2. The van der Waals surface area contributed by atoms with Gasteiger partial charge in [-0.15, -0.1) is 13.2 Å². The Balaban J connectivity index is 1.42. The largest absolute Gasteiger partial charge is 0.573 e. The van der Waals surface area contributed by atoms with Gasteiger partial charge in [0.25, 0.3) is 5.91 Å². The number of hydrogen-bond donors (Lipinski definition) is 0. The van der Waals surface area contributed by atoms with Crippen molar-refractivity contribution < 1.29 is 31.5 Å². The van der Waals surface area contributed by atoms with Gasteiger partial charge in [0.1, 0.15) is 29.0 Å². The molecule has 0 saturated heterocycles. The molecule has 4 rings (SSSR count). The summed E-state index contributed by atoms with van der Waals surface area (Å²) < 4.78 is 51.7. The van der Waals surface area contributed by atoms with E-state index in [-0.39, 0.29) is 24.2 Å². The van der Waals surface area contributed by atoms with Crippen LogP contribution in [-0.4, -0.2) is 41.5 Å². The summed E-state index contributed by atoms with van der Waals surface area (Å²) in [4.78, 5) is 14.8. The number of hydrazone groups is 1. The van der Waals surface area contributed by atoms with E-state index >= 15 is 0 Å². The van der Waals surface area contributed by atoms with Crippen LogP contribution in [0, 0.1) is 0 Å².